The highest BCUT2D eigenvalue weighted by molar-refractivity contribution is 9.10. The minimum Gasteiger partial charge on any atom is -0.465 e. The molecule has 2 aromatic heterocycles. The number of benzene rings is 1. The number of carbonyl (C=O) groups is 1. The Morgan fingerprint density at radius 1 is 1.35 bits per heavy atom. The molecule has 1 N–H and O–H groups in total. The number of aryl methyl sites for hydroxylation is 1. The van der Waals surface area contributed by atoms with E-state index in [4.69, 9.17) is 9.15 Å². The van der Waals surface area contributed by atoms with E-state index in [1.54, 1.807) is 25.1 Å². The van der Waals surface area contributed by atoms with Crippen LogP contribution in [0.3, 0.4) is 0 Å². The average Bonchev–Trinajstić information content (AvgIpc) is 2.99. The van der Waals surface area contributed by atoms with E-state index in [1.807, 2.05) is 18.4 Å². The molecule has 0 atom stereocenters. The summed E-state index contributed by atoms with van der Waals surface area (Å²) in [5.74, 6) is -0.437. The molecule has 1 aromatic carbocycles. The first kappa shape index (κ1) is 18.3. The van der Waals surface area contributed by atoms with Crippen molar-refractivity contribution >= 4 is 55.6 Å². The molecule has 0 radical (unpaired) electrons. The SMILES string of the molecule is COC(=O)c1scc(C)c1NN=C(C)c1cc2cc(Br)ccc2oc1=O. The van der Waals surface area contributed by atoms with Crippen LogP contribution in [0.1, 0.15) is 27.7 Å². The number of hydrogen-bond donors (Lipinski definition) is 1. The van der Waals surface area contributed by atoms with Gasteiger partial charge in [0.05, 0.1) is 24.1 Å². The van der Waals surface area contributed by atoms with Gasteiger partial charge in [-0.3, -0.25) is 5.43 Å². The van der Waals surface area contributed by atoms with E-state index in [9.17, 15) is 9.59 Å². The van der Waals surface area contributed by atoms with E-state index >= 15 is 0 Å². The topological polar surface area (TPSA) is 80.9 Å². The molecule has 0 aliphatic heterocycles. The van der Waals surface area contributed by atoms with E-state index in [2.05, 4.69) is 26.5 Å². The molecule has 8 heteroatoms. The molecular formula is C18H15BrN2O4S. The lowest BCUT2D eigenvalue weighted by Gasteiger charge is -2.06. The maximum Gasteiger partial charge on any atom is 0.350 e. The Kier molecular flexibility index (Phi) is 5.24. The van der Waals surface area contributed by atoms with Crippen LogP contribution in [-0.2, 0) is 4.74 Å². The summed E-state index contributed by atoms with van der Waals surface area (Å²) in [5.41, 5.74) is 5.12. The summed E-state index contributed by atoms with van der Waals surface area (Å²) in [5, 5.41) is 6.88. The Hall–Kier alpha value is -2.45. The molecule has 0 unspecified atom stereocenters. The number of ether oxygens (including phenoxy) is 1. The van der Waals surface area contributed by atoms with Gasteiger partial charge in [-0.15, -0.1) is 11.3 Å². The van der Waals surface area contributed by atoms with Crippen molar-refractivity contribution in [3.8, 4) is 0 Å². The van der Waals surface area contributed by atoms with Crippen LogP contribution in [0.2, 0.25) is 0 Å². The first-order chi connectivity index (χ1) is 12.4. The second-order valence-electron chi connectivity index (χ2n) is 5.55. The molecule has 0 spiro atoms. The molecule has 0 aliphatic rings. The van der Waals surface area contributed by atoms with Crippen LogP contribution in [0.15, 0.2) is 48.4 Å². The number of hydrazone groups is 1. The van der Waals surface area contributed by atoms with Crippen molar-refractivity contribution < 1.29 is 13.9 Å². The number of nitrogens with one attached hydrogen (secondary N) is 1. The number of esters is 1. The van der Waals surface area contributed by atoms with Crippen LogP contribution in [0.25, 0.3) is 11.0 Å². The number of fused-ring (bicyclic) bond motifs is 1. The number of halogens is 1. The van der Waals surface area contributed by atoms with Crippen molar-refractivity contribution in [2.45, 2.75) is 13.8 Å². The van der Waals surface area contributed by atoms with E-state index < -0.39 is 11.6 Å². The summed E-state index contributed by atoms with van der Waals surface area (Å²) in [6, 6.07) is 7.13. The fourth-order valence-electron chi connectivity index (χ4n) is 2.37. The molecule has 0 saturated heterocycles. The summed E-state index contributed by atoms with van der Waals surface area (Å²) in [4.78, 5) is 24.5. The Morgan fingerprint density at radius 3 is 2.85 bits per heavy atom. The number of hydrogen-bond acceptors (Lipinski definition) is 7. The van der Waals surface area contributed by atoms with Crippen LogP contribution >= 0.6 is 27.3 Å². The van der Waals surface area contributed by atoms with Gasteiger partial charge in [-0.05, 0) is 49.1 Å². The third kappa shape index (κ3) is 3.56. The van der Waals surface area contributed by atoms with Gasteiger partial charge in [-0.25, -0.2) is 9.59 Å². The molecule has 3 rings (SSSR count). The first-order valence-corrected chi connectivity index (χ1v) is 9.28. The number of nitrogens with zero attached hydrogens (tertiary/aromatic N) is 1. The molecule has 0 fully saturated rings. The summed E-state index contributed by atoms with van der Waals surface area (Å²) >= 11 is 4.67. The van der Waals surface area contributed by atoms with Gasteiger partial charge < -0.3 is 9.15 Å². The standard InChI is InChI=1S/C18H15BrN2O4S/c1-9-8-26-16(18(23)24-3)15(9)21-20-10(2)13-7-11-6-12(19)4-5-14(11)25-17(13)22/h4-8,21H,1-3H3. The Morgan fingerprint density at radius 2 is 2.12 bits per heavy atom. The van der Waals surface area contributed by atoms with Crippen molar-refractivity contribution in [1.29, 1.82) is 0 Å². The zero-order valence-corrected chi connectivity index (χ0v) is 16.7. The molecule has 0 aliphatic carbocycles. The third-order valence-electron chi connectivity index (χ3n) is 3.77. The van der Waals surface area contributed by atoms with Gasteiger partial charge in [0.25, 0.3) is 0 Å². The molecule has 0 bridgehead atoms. The van der Waals surface area contributed by atoms with Gasteiger partial charge >= 0.3 is 11.6 Å². The molecule has 3 aromatic rings. The van der Waals surface area contributed by atoms with Crippen molar-refractivity contribution in [3.63, 3.8) is 0 Å². The fourth-order valence-corrected chi connectivity index (χ4v) is 3.67. The highest BCUT2D eigenvalue weighted by Gasteiger charge is 2.17. The van der Waals surface area contributed by atoms with E-state index in [0.717, 1.165) is 15.4 Å². The van der Waals surface area contributed by atoms with Gasteiger partial charge in [-0.1, -0.05) is 15.9 Å². The number of methoxy groups -OCH3 is 1. The minimum atomic E-state index is -0.474. The zero-order valence-electron chi connectivity index (χ0n) is 14.3. The maximum absolute atomic E-state index is 12.3. The molecular weight excluding hydrogens is 420 g/mol. The summed E-state index contributed by atoms with van der Waals surface area (Å²) in [6.07, 6.45) is 0. The van der Waals surface area contributed by atoms with Crippen LogP contribution < -0.4 is 11.1 Å². The highest BCUT2D eigenvalue weighted by Crippen LogP contribution is 2.28. The van der Waals surface area contributed by atoms with E-state index in [-0.39, 0.29) is 0 Å². The minimum absolute atomic E-state index is 0.343. The second-order valence-corrected chi connectivity index (χ2v) is 7.35. The quantitative estimate of drug-likeness (QED) is 0.282. The first-order valence-electron chi connectivity index (χ1n) is 7.61. The van der Waals surface area contributed by atoms with E-state index in [1.165, 1.54) is 18.4 Å². The van der Waals surface area contributed by atoms with Crippen LogP contribution in [0, 0.1) is 6.92 Å². The number of rotatable bonds is 4. The van der Waals surface area contributed by atoms with Crippen LogP contribution in [0.5, 0.6) is 0 Å². The van der Waals surface area contributed by atoms with Gasteiger partial charge in [-0.2, -0.15) is 5.10 Å². The predicted molar refractivity (Wildman–Crippen MR) is 106 cm³/mol. The van der Waals surface area contributed by atoms with Gasteiger partial charge in [0, 0.05) is 9.86 Å². The lowest BCUT2D eigenvalue weighted by Crippen LogP contribution is -2.13. The van der Waals surface area contributed by atoms with Crippen LogP contribution in [-0.4, -0.2) is 18.8 Å². The Bertz CT molecular complexity index is 1080. The lowest BCUT2D eigenvalue weighted by molar-refractivity contribution is 0.0607. The highest BCUT2D eigenvalue weighted by atomic mass is 79.9. The molecule has 0 amide bonds. The molecule has 0 saturated carbocycles. The lowest BCUT2D eigenvalue weighted by atomic mass is 10.1. The third-order valence-corrected chi connectivity index (χ3v) is 5.34. The van der Waals surface area contributed by atoms with Gasteiger partial charge in [0.1, 0.15) is 10.5 Å². The van der Waals surface area contributed by atoms with Crippen molar-refractivity contribution in [2.75, 3.05) is 12.5 Å². The van der Waals surface area contributed by atoms with Crippen LogP contribution in [0.4, 0.5) is 5.69 Å². The second kappa shape index (κ2) is 7.43. The smallest absolute Gasteiger partial charge is 0.350 e. The predicted octanol–water partition coefficient (Wildman–Crippen LogP) is 4.55. The van der Waals surface area contributed by atoms with Gasteiger partial charge in [0.2, 0.25) is 0 Å². The van der Waals surface area contributed by atoms with Gasteiger partial charge in [0.15, 0.2) is 0 Å². The molecule has 26 heavy (non-hydrogen) atoms. The molecule has 6 nitrogen and oxygen atoms in total. The number of thiophene rings is 1. The Balaban J connectivity index is 1.97. The fraction of sp³-hybridized carbons (Fsp3) is 0.167. The average molecular weight is 435 g/mol. The monoisotopic (exact) mass is 434 g/mol. The Labute approximate surface area is 161 Å². The normalized spacial score (nSPS) is 11.6. The van der Waals surface area contributed by atoms with Crippen molar-refractivity contribution in [3.05, 3.63) is 60.5 Å². The summed E-state index contributed by atoms with van der Waals surface area (Å²) < 4.78 is 11.0. The summed E-state index contributed by atoms with van der Waals surface area (Å²) in [7, 11) is 1.33. The number of anilines is 1. The largest absolute Gasteiger partial charge is 0.465 e. The molecule has 134 valence electrons. The summed E-state index contributed by atoms with van der Waals surface area (Å²) in [6.45, 7) is 3.56. The van der Waals surface area contributed by atoms with Crippen molar-refractivity contribution in [1.82, 2.24) is 0 Å². The molecule has 2 heterocycles. The van der Waals surface area contributed by atoms with Crippen molar-refractivity contribution in [2.24, 2.45) is 5.10 Å². The maximum atomic E-state index is 12.3. The zero-order chi connectivity index (χ0) is 18.8. The van der Waals surface area contributed by atoms with E-state index in [0.29, 0.717) is 27.4 Å². The number of carbonyl (C=O) groups excluding carboxylic acids is 1.